The largest absolute Gasteiger partial charge is 0.496 e. The Bertz CT molecular complexity index is 716. The van der Waals surface area contributed by atoms with E-state index in [1.54, 1.807) is 0 Å². The minimum absolute atomic E-state index is 0.0480. The number of rotatable bonds is 5. The monoisotopic (exact) mass is 327 g/mol. The number of nitro benzene ring substituents is 1. The molecule has 0 fully saturated rings. The van der Waals surface area contributed by atoms with Crippen LogP contribution in [0.4, 0.5) is 18.9 Å². The van der Waals surface area contributed by atoms with Crippen LogP contribution in [-0.4, -0.2) is 12.0 Å². The van der Waals surface area contributed by atoms with Crippen molar-refractivity contribution in [3.05, 3.63) is 63.7 Å². The zero-order valence-corrected chi connectivity index (χ0v) is 12.0. The average Bonchev–Trinajstić information content (AvgIpc) is 2.52. The van der Waals surface area contributed by atoms with E-state index in [-0.39, 0.29) is 29.4 Å². The van der Waals surface area contributed by atoms with Crippen molar-refractivity contribution in [1.29, 1.82) is 0 Å². The Morgan fingerprint density at radius 3 is 2.52 bits per heavy atom. The summed E-state index contributed by atoms with van der Waals surface area (Å²) >= 11 is 0. The van der Waals surface area contributed by atoms with Gasteiger partial charge in [-0.25, -0.2) is 0 Å². The standard InChI is InChI=1S/C15H12F3NO4/c1-22-12-5-6-14(13(8-12)19(20)21)23-9-10-3-2-4-11(7-10)15(16,17)18/h2-8H,9H2,1H3. The fourth-order valence-corrected chi connectivity index (χ4v) is 1.89. The Labute approximate surface area is 129 Å². The van der Waals surface area contributed by atoms with Crippen LogP contribution in [0.5, 0.6) is 11.5 Å². The van der Waals surface area contributed by atoms with Crippen molar-refractivity contribution < 1.29 is 27.6 Å². The van der Waals surface area contributed by atoms with Gasteiger partial charge >= 0.3 is 11.9 Å². The number of methoxy groups -OCH3 is 1. The van der Waals surface area contributed by atoms with Gasteiger partial charge in [0.25, 0.3) is 0 Å². The molecule has 0 bridgehead atoms. The number of hydrogen-bond donors (Lipinski definition) is 0. The van der Waals surface area contributed by atoms with E-state index in [1.807, 2.05) is 0 Å². The quantitative estimate of drug-likeness (QED) is 0.610. The molecular weight excluding hydrogens is 315 g/mol. The molecule has 0 radical (unpaired) electrons. The highest BCUT2D eigenvalue weighted by Gasteiger charge is 2.30. The first-order chi connectivity index (χ1) is 10.8. The van der Waals surface area contributed by atoms with Gasteiger partial charge in [0.1, 0.15) is 12.4 Å². The van der Waals surface area contributed by atoms with Crippen molar-refractivity contribution >= 4 is 5.69 Å². The van der Waals surface area contributed by atoms with E-state index in [0.29, 0.717) is 0 Å². The zero-order chi connectivity index (χ0) is 17.0. The Balaban J connectivity index is 2.20. The van der Waals surface area contributed by atoms with Crippen molar-refractivity contribution in [3.63, 3.8) is 0 Å². The van der Waals surface area contributed by atoms with Crippen LogP contribution in [0, 0.1) is 10.1 Å². The maximum Gasteiger partial charge on any atom is 0.416 e. The summed E-state index contributed by atoms with van der Waals surface area (Å²) in [5.41, 5.74) is -0.871. The zero-order valence-electron chi connectivity index (χ0n) is 12.0. The molecule has 0 amide bonds. The lowest BCUT2D eigenvalue weighted by atomic mass is 10.1. The molecule has 2 rings (SSSR count). The smallest absolute Gasteiger partial charge is 0.416 e. The fourth-order valence-electron chi connectivity index (χ4n) is 1.89. The summed E-state index contributed by atoms with van der Waals surface area (Å²) in [6.45, 7) is -0.225. The Morgan fingerprint density at radius 2 is 1.91 bits per heavy atom. The molecule has 23 heavy (non-hydrogen) atoms. The first-order valence-electron chi connectivity index (χ1n) is 6.42. The first kappa shape index (κ1) is 16.6. The third-order valence-electron chi connectivity index (χ3n) is 3.01. The van der Waals surface area contributed by atoms with Gasteiger partial charge in [-0.15, -0.1) is 0 Å². The Kier molecular flexibility index (Phi) is 4.73. The number of halogens is 3. The molecule has 122 valence electrons. The van der Waals surface area contributed by atoms with Crippen molar-refractivity contribution in [2.45, 2.75) is 12.8 Å². The van der Waals surface area contributed by atoms with E-state index < -0.39 is 16.7 Å². The molecule has 0 aromatic heterocycles. The topological polar surface area (TPSA) is 61.6 Å². The van der Waals surface area contributed by atoms with Gasteiger partial charge in [-0.05, 0) is 29.8 Å². The molecule has 2 aromatic rings. The number of nitro groups is 1. The number of ether oxygens (including phenoxy) is 2. The number of alkyl halides is 3. The lowest BCUT2D eigenvalue weighted by molar-refractivity contribution is -0.386. The highest BCUT2D eigenvalue weighted by atomic mass is 19.4. The Morgan fingerprint density at radius 1 is 1.17 bits per heavy atom. The molecular formula is C15H12F3NO4. The molecule has 0 heterocycles. The summed E-state index contributed by atoms with van der Waals surface area (Å²) < 4.78 is 48.1. The van der Waals surface area contributed by atoms with Crippen molar-refractivity contribution in [1.82, 2.24) is 0 Å². The minimum atomic E-state index is -4.46. The van der Waals surface area contributed by atoms with Crippen molar-refractivity contribution in [3.8, 4) is 11.5 Å². The summed E-state index contributed by atoms with van der Waals surface area (Å²) in [6.07, 6.45) is -4.46. The molecule has 0 aliphatic rings. The predicted molar refractivity (Wildman–Crippen MR) is 75.4 cm³/mol. The lowest BCUT2D eigenvalue weighted by Crippen LogP contribution is -2.06. The molecule has 0 N–H and O–H groups in total. The number of hydrogen-bond acceptors (Lipinski definition) is 4. The van der Waals surface area contributed by atoms with Crippen LogP contribution in [-0.2, 0) is 12.8 Å². The van der Waals surface area contributed by atoms with E-state index in [0.717, 1.165) is 12.1 Å². The molecule has 0 unspecified atom stereocenters. The van der Waals surface area contributed by atoms with Gasteiger partial charge in [0.2, 0.25) is 0 Å². The van der Waals surface area contributed by atoms with Gasteiger partial charge in [-0.3, -0.25) is 10.1 Å². The van der Waals surface area contributed by atoms with Gasteiger partial charge in [-0.1, -0.05) is 12.1 Å². The maximum absolute atomic E-state index is 12.6. The third kappa shape index (κ3) is 4.12. The van der Waals surface area contributed by atoms with E-state index >= 15 is 0 Å². The number of nitrogens with zero attached hydrogens (tertiary/aromatic N) is 1. The highest BCUT2D eigenvalue weighted by Crippen LogP contribution is 2.32. The van der Waals surface area contributed by atoms with Crippen LogP contribution in [0.2, 0.25) is 0 Å². The van der Waals surface area contributed by atoms with Crippen molar-refractivity contribution in [2.24, 2.45) is 0 Å². The fraction of sp³-hybridized carbons (Fsp3) is 0.200. The maximum atomic E-state index is 12.6. The second kappa shape index (κ2) is 6.55. The van der Waals surface area contributed by atoms with Gasteiger partial charge in [0, 0.05) is 0 Å². The molecule has 0 saturated heterocycles. The van der Waals surface area contributed by atoms with E-state index in [1.165, 1.54) is 37.4 Å². The third-order valence-corrected chi connectivity index (χ3v) is 3.01. The summed E-state index contributed by atoms with van der Waals surface area (Å²) in [5, 5.41) is 11.0. The molecule has 2 aromatic carbocycles. The van der Waals surface area contributed by atoms with E-state index in [9.17, 15) is 23.3 Å². The molecule has 0 saturated carbocycles. The first-order valence-corrected chi connectivity index (χ1v) is 6.42. The normalized spacial score (nSPS) is 11.1. The average molecular weight is 327 g/mol. The summed E-state index contributed by atoms with van der Waals surface area (Å²) in [5.74, 6) is 0.233. The molecule has 0 atom stereocenters. The van der Waals surface area contributed by atoms with Gasteiger partial charge in [0.15, 0.2) is 5.75 Å². The van der Waals surface area contributed by atoms with Crippen LogP contribution < -0.4 is 9.47 Å². The summed E-state index contributed by atoms with van der Waals surface area (Å²) in [7, 11) is 1.36. The van der Waals surface area contributed by atoms with Crippen LogP contribution in [0.1, 0.15) is 11.1 Å². The SMILES string of the molecule is COc1ccc(OCc2cccc(C(F)(F)F)c2)c([N+](=O)[O-])c1. The van der Waals surface area contributed by atoms with Crippen LogP contribution in [0.25, 0.3) is 0 Å². The van der Waals surface area contributed by atoms with Crippen LogP contribution in [0.15, 0.2) is 42.5 Å². The molecule has 0 spiro atoms. The predicted octanol–water partition coefficient (Wildman–Crippen LogP) is 4.20. The molecule has 8 heteroatoms. The molecule has 5 nitrogen and oxygen atoms in total. The van der Waals surface area contributed by atoms with Gasteiger partial charge in [0.05, 0.1) is 23.7 Å². The van der Waals surface area contributed by atoms with Crippen LogP contribution >= 0.6 is 0 Å². The summed E-state index contributed by atoms with van der Waals surface area (Å²) in [6, 6.07) is 8.57. The second-order valence-electron chi connectivity index (χ2n) is 4.58. The van der Waals surface area contributed by atoms with Crippen molar-refractivity contribution in [2.75, 3.05) is 7.11 Å². The molecule has 0 aliphatic carbocycles. The van der Waals surface area contributed by atoms with Gasteiger partial charge < -0.3 is 9.47 Å². The summed E-state index contributed by atoms with van der Waals surface area (Å²) in [4.78, 5) is 10.4. The van der Waals surface area contributed by atoms with Crippen LogP contribution in [0.3, 0.4) is 0 Å². The lowest BCUT2D eigenvalue weighted by Gasteiger charge is -2.10. The Hall–Kier alpha value is -2.77. The minimum Gasteiger partial charge on any atom is -0.496 e. The van der Waals surface area contributed by atoms with E-state index in [2.05, 4.69) is 0 Å². The number of benzene rings is 2. The van der Waals surface area contributed by atoms with E-state index in [4.69, 9.17) is 9.47 Å². The highest BCUT2D eigenvalue weighted by molar-refractivity contribution is 5.51. The second-order valence-corrected chi connectivity index (χ2v) is 4.58. The van der Waals surface area contributed by atoms with Gasteiger partial charge in [-0.2, -0.15) is 13.2 Å². The molecule has 0 aliphatic heterocycles.